The highest BCUT2D eigenvalue weighted by atomic mass is 16.5. The second-order valence-corrected chi connectivity index (χ2v) is 4.39. The van der Waals surface area contributed by atoms with Gasteiger partial charge in [-0.1, -0.05) is 6.92 Å². The summed E-state index contributed by atoms with van der Waals surface area (Å²) >= 11 is 0. The Bertz CT molecular complexity index is 399. The first kappa shape index (κ1) is 17.4. The van der Waals surface area contributed by atoms with Crippen molar-refractivity contribution in [1.29, 1.82) is 0 Å². The minimum atomic E-state index is 0.338. The minimum absolute atomic E-state index is 0.338. The number of anilines is 2. The van der Waals surface area contributed by atoms with E-state index in [0.29, 0.717) is 37.7 Å². The molecule has 1 rings (SSSR count). The van der Waals surface area contributed by atoms with E-state index in [1.807, 2.05) is 6.92 Å². The molecule has 0 saturated carbocycles. The van der Waals surface area contributed by atoms with Gasteiger partial charge < -0.3 is 19.7 Å². The van der Waals surface area contributed by atoms with E-state index < -0.39 is 0 Å². The van der Waals surface area contributed by atoms with Gasteiger partial charge >= 0.3 is 6.01 Å². The lowest BCUT2D eigenvalue weighted by Gasteiger charge is -2.19. The third kappa shape index (κ3) is 6.12. The van der Waals surface area contributed by atoms with Crippen LogP contribution in [0.25, 0.3) is 0 Å². The van der Waals surface area contributed by atoms with Crippen LogP contribution >= 0.6 is 0 Å². The fourth-order valence-corrected chi connectivity index (χ4v) is 1.71. The van der Waals surface area contributed by atoms with Crippen molar-refractivity contribution in [2.45, 2.75) is 34.1 Å². The molecule has 0 bridgehead atoms. The highest BCUT2D eigenvalue weighted by Crippen LogP contribution is 2.15. The van der Waals surface area contributed by atoms with Crippen molar-refractivity contribution in [2.24, 2.45) is 0 Å². The number of hydrogen-bond donors (Lipinski definition) is 1. The standard InChI is InChI=1S/C14H27N5O2/c1-5-9-15-12-16-13(19(6-2)7-3)18-14(17-12)21-11-10-20-8-4/h5-11H2,1-4H3,(H,15,16,17,18). The summed E-state index contributed by atoms with van der Waals surface area (Å²) in [6, 6.07) is 0.338. The van der Waals surface area contributed by atoms with E-state index in [2.05, 4.69) is 45.9 Å². The number of nitrogens with zero attached hydrogens (tertiary/aromatic N) is 4. The molecule has 7 nitrogen and oxygen atoms in total. The summed E-state index contributed by atoms with van der Waals surface area (Å²) in [5, 5.41) is 3.18. The maximum atomic E-state index is 5.55. The Morgan fingerprint density at radius 3 is 2.38 bits per heavy atom. The molecule has 1 aromatic heterocycles. The molecule has 0 aliphatic carbocycles. The third-order valence-corrected chi connectivity index (χ3v) is 2.85. The zero-order valence-corrected chi connectivity index (χ0v) is 13.6. The lowest BCUT2D eigenvalue weighted by atomic mass is 10.5. The first-order valence-corrected chi connectivity index (χ1v) is 7.70. The Hall–Kier alpha value is -1.63. The van der Waals surface area contributed by atoms with Crippen molar-refractivity contribution in [3.05, 3.63) is 0 Å². The van der Waals surface area contributed by atoms with E-state index in [4.69, 9.17) is 9.47 Å². The SMILES string of the molecule is CCCNc1nc(OCCOCC)nc(N(CC)CC)n1. The number of aromatic nitrogens is 3. The lowest BCUT2D eigenvalue weighted by Crippen LogP contribution is -2.25. The van der Waals surface area contributed by atoms with Gasteiger partial charge in [0.05, 0.1) is 6.61 Å². The largest absolute Gasteiger partial charge is 0.461 e. The van der Waals surface area contributed by atoms with Gasteiger partial charge in [-0.15, -0.1) is 0 Å². The van der Waals surface area contributed by atoms with Crippen LogP contribution < -0.4 is 15.0 Å². The predicted octanol–water partition coefficient (Wildman–Crippen LogP) is 1.95. The molecule has 0 amide bonds. The summed E-state index contributed by atoms with van der Waals surface area (Å²) in [6.07, 6.45) is 1.01. The zero-order valence-electron chi connectivity index (χ0n) is 13.6. The van der Waals surface area contributed by atoms with Gasteiger partial charge in [0.25, 0.3) is 0 Å². The summed E-state index contributed by atoms with van der Waals surface area (Å²) in [4.78, 5) is 15.2. The van der Waals surface area contributed by atoms with Gasteiger partial charge in [0.2, 0.25) is 11.9 Å². The lowest BCUT2D eigenvalue weighted by molar-refractivity contribution is 0.106. The van der Waals surface area contributed by atoms with E-state index in [0.717, 1.165) is 26.1 Å². The Labute approximate surface area is 127 Å². The highest BCUT2D eigenvalue weighted by molar-refractivity contribution is 5.38. The zero-order chi connectivity index (χ0) is 15.5. The fourth-order valence-electron chi connectivity index (χ4n) is 1.71. The molecule has 7 heteroatoms. The summed E-state index contributed by atoms with van der Waals surface area (Å²) in [7, 11) is 0. The van der Waals surface area contributed by atoms with Crippen molar-refractivity contribution in [2.75, 3.05) is 49.7 Å². The number of ether oxygens (including phenoxy) is 2. The first-order chi connectivity index (χ1) is 10.2. The molecule has 21 heavy (non-hydrogen) atoms. The van der Waals surface area contributed by atoms with Gasteiger partial charge in [-0.2, -0.15) is 15.0 Å². The fraction of sp³-hybridized carbons (Fsp3) is 0.786. The van der Waals surface area contributed by atoms with Crippen LogP contribution in [0.5, 0.6) is 6.01 Å². The molecular weight excluding hydrogens is 270 g/mol. The minimum Gasteiger partial charge on any atom is -0.461 e. The Morgan fingerprint density at radius 2 is 1.76 bits per heavy atom. The third-order valence-electron chi connectivity index (χ3n) is 2.85. The van der Waals surface area contributed by atoms with Crippen LogP contribution in [0.4, 0.5) is 11.9 Å². The van der Waals surface area contributed by atoms with Crippen LogP contribution in [0.3, 0.4) is 0 Å². The second kappa shape index (κ2) is 10.1. The first-order valence-electron chi connectivity index (χ1n) is 7.70. The average molecular weight is 297 g/mol. The molecule has 0 saturated heterocycles. The van der Waals surface area contributed by atoms with Crippen LogP contribution in [-0.4, -0.2) is 54.4 Å². The summed E-state index contributed by atoms with van der Waals surface area (Å²) in [5.41, 5.74) is 0. The van der Waals surface area contributed by atoms with Crippen molar-refractivity contribution < 1.29 is 9.47 Å². The van der Waals surface area contributed by atoms with Crippen LogP contribution in [0, 0.1) is 0 Å². The second-order valence-electron chi connectivity index (χ2n) is 4.39. The van der Waals surface area contributed by atoms with Gasteiger partial charge in [-0.3, -0.25) is 0 Å². The molecule has 120 valence electrons. The van der Waals surface area contributed by atoms with Gasteiger partial charge in [0.15, 0.2) is 0 Å². The van der Waals surface area contributed by atoms with Gasteiger partial charge in [0.1, 0.15) is 6.61 Å². The number of nitrogens with one attached hydrogen (secondary N) is 1. The van der Waals surface area contributed by atoms with Gasteiger partial charge in [0, 0.05) is 26.2 Å². The van der Waals surface area contributed by atoms with E-state index >= 15 is 0 Å². The van der Waals surface area contributed by atoms with Crippen molar-refractivity contribution in [1.82, 2.24) is 15.0 Å². The Morgan fingerprint density at radius 1 is 1.00 bits per heavy atom. The molecule has 0 aliphatic rings. The molecule has 0 unspecified atom stereocenters. The molecule has 1 heterocycles. The van der Waals surface area contributed by atoms with E-state index in [9.17, 15) is 0 Å². The van der Waals surface area contributed by atoms with Crippen molar-refractivity contribution in [3.8, 4) is 6.01 Å². The average Bonchev–Trinajstić information content (AvgIpc) is 2.51. The molecule has 1 N–H and O–H groups in total. The monoisotopic (exact) mass is 297 g/mol. The molecule has 0 atom stereocenters. The summed E-state index contributed by atoms with van der Waals surface area (Å²) in [6.45, 7) is 12.3. The topological polar surface area (TPSA) is 72.4 Å². The number of hydrogen-bond acceptors (Lipinski definition) is 7. The van der Waals surface area contributed by atoms with Gasteiger partial charge in [-0.05, 0) is 27.2 Å². The predicted molar refractivity (Wildman–Crippen MR) is 84.2 cm³/mol. The molecular formula is C14H27N5O2. The molecule has 0 aromatic carbocycles. The van der Waals surface area contributed by atoms with Crippen LogP contribution in [-0.2, 0) is 4.74 Å². The van der Waals surface area contributed by atoms with E-state index in [-0.39, 0.29) is 0 Å². The normalized spacial score (nSPS) is 10.5. The van der Waals surface area contributed by atoms with Crippen molar-refractivity contribution >= 4 is 11.9 Å². The maximum absolute atomic E-state index is 5.55. The summed E-state index contributed by atoms with van der Waals surface area (Å²) in [5.74, 6) is 1.19. The Balaban J connectivity index is 2.81. The molecule has 0 aliphatic heterocycles. The smallest absolute Gasteiger partial charge is 0.323 e. The van der Waals surface area contributed by atoms with E-state index in [1.165, 1.54) is 0 Å². The number of rotatable bonds is 11. The van der Waals surface area contributed by atoms with Gasteiger partial charge in [-0.25, -0.2) is 0 Å². The van der Waals surface area contributed by atoms with Crippen LogP contribution in [0.1, 0.15) is 34.1 Å². The van der Waals surface area contributed by atoms with E-state index in [1.54, 1.807) is 0 Å². The van der Waals surface area contributed by atoms with Crippen LogP contribution in [0.15, 0.2) is 0 Å². The molecule has 0 radical (unpaired) electrons. The maximum Gasteiger partial charge on any atom is 0.323 e. The summed E-state index contributed by atoms with van der Waals surface area (Å²) < 4.78 is 10.8. The quantitative estimate of drug-likeness (QED) is 0.626. The van der Waals surface area contributed by atoms with Crippen molar-refractivity contribution in [3.63, 3.8) is 0 Å². The molecule has 1 aromatic rings. The van der Waals surface area contributed by atoms with Crippen LogP contribution in [0.2, 0.25) is 0 Å². The molecule has 0 fully saturated rings. The Kier molecular flexibility index (Phi) is 8.42. The highest BCUT2D eigenvalue weighted by Gasteiger charge is 2.11. The molecule has 0 spiro atoms.